The van der Waals surface area contributed by atoms with Gasteiger partial charge < -0.3 is 30.4 Å². The van der Waals surface area contributed by atoms with Crippen molar-refractivity contribution in [2.45, 2.75) is 0 Å². The Morgan fingerprint density at radius 2 is 1.17 bits per heavy atom. The summed E-state index contributed by atoms with van der Waals surface area (Å²) in [5, 5.41) is 0. The molecule has 0 amide bonds. The van der Waals surface area contributed by atoms with E-state index in [1.807, 2.05) is 0 Å². The lowest BCUT2D eigenvalue weighted by molar-refractivity contribution is 0.132. The molecule has 0 heterocycles. The first-order chi connectivity index (χ1) is 8.69. The van der Waals surface area contributed by atoms with Gasteiger partial charge >= 0.3 is 0 Å². The summed E-state index contributed by atoms with van der Waals surface area (Å²) in [4.78, 5) is 0. The van der Waals surface area contributed by atoms with Crippen LogP contribution in [-0.2, 0) is 9.47 Å². The van der Waals surface area contributed by atoms with E-state index < -0.39 is 0 Å². The summed E-state index contributed by atoms with van der Waals surface area (Å²) < 4.78 is 20.9. The second-order valence-electron chi connectivity index (χ2n) is 3.61. The molecule has 18 heavy (non-hydrogen) atoms. The zero-order valence-corrected chi connectivity index (χ0v) is 10.8. The highest BCUT2D eigenvalue weighted by atomic mass is 16.5. The smallest absolute Gasteiger partial charge is 0.163 e. The fourth-order valence-electron chi connectivity index (χ4n) is 1.29. The predicted molar refractivity (Wildman–Crippen MR) is 70.0 cm³/mol. The van der Waals surface area contributed by atoms with Crippen molar-refractivity contribution in [2.75, 3.05) is 52.1 Å². The fraction of sp³-hybridized carbons (Fsp3) is 0.500. The molecule has 0 unspecified atom stereocenters. The van der Waals surface area contributed by atoms with Crippen LogP contribution in [0.3, 0.4) is 0 Å². The number of hydrogen-bond donors (Lipinski definition) is 2. The number of rotatable bonds is 8. The van der Waals surface area contributed by atoms with E-state index in [0.29, 0.717) is 49.3 Å². The second kappa shape index (κ2) is 7.62. The molecule has 0 saturated carbocycles. The van der Waals surface area contributed by atoms with Crippen LogP contribution in [0.25, 0.3) is 0 Å². The Balaban J connectivity index is 2.73. The van der Waals surface area contributed by atoms with Gasteiger partial charge in [-0.25, -0.2) is 0 Å². The molecule has 1 aromatic carbocycles. The van der Waals surface area contributed by atoms with Gasteiger partial charge in [0, 0.05) is 26.4 Å². The van der Waals surface area contributed by atoms with Gasteiger partial charge in [-0.1, -0.05) is 0 Å². The number of anilines is 2. The van der Waals surface area contributed by atoms with Crippen LogP contribution in [-0.4, -0.2) is 40.6 Å². The largest absolute Gasteiger partial charge is 0.487 e. The Bertz CT molecular complexity index is 336. The van der Waals surface area contributed by atoms with E-state index in [2.05, 4.69) is 0 Å². The van der Waals surface area contributed by atoms with Crippen molar-refractivity contribution >= 4 is 11.4 Å². The van der Waals surface area contributed by atoms with Crippen LogP contribution >= 0.6 is 0 Å². The standard InChI is InChI=1S/C12H20N2O4/c1-15-3-5-17-11-7-9(13)10(14)8-12(11)18-6-4-16-2/h7-8H,3-6,13-14H2,1-2H3. The zero-order valence-electron chi connectivity index (χ0n) is 10.8. The van der Waals surface area contributed by atoms with E-state index in [1.165, 1.54) is 0 Å². The molecular weight excluding hydrogens is 236 g/mol. The molecule has 0 aliphatic heterocycles. The number of hydrogen-bond acceptors (Lipinski definition) is 6. The highest BCUT2D eigenvalue weighted by Crippen LogP contribution is 2.33. The molecule has 0 aliphatic rings. The third kappa shape index (κ3) is 4.31. The van der Waals surface area contributed by atoms with Gasteiger partial charge in [0.2, 0.25) is 0 Å². The number of nitrogens with two attached hydrogens (primary N) is 2. The van der Waals surface area contributed by atoms with Crippen molar-refractivity contribution < 1.29 is 18.9 Å². The van der Waals surface area contributed by atoms with Gasteiger partial charge in [-0.05, 0) is 0 Å². The van der Waals surface area contributed by atoms with E-state index in [0.717, 1.165) is 0 Å². The van der Waals surface area contributed by atoms with Gasteiger partial charge in [-0.15, -0.1) is 0 Å². The lowest BCUT2D eigenvalue weighted by Gasteiger charge is -2.14. The lowest BCUT2D eigenvalue weighted by Crippen LogP contribution is -2.09. The number of methoxy groups -OCH3 is 2. The van der Waals surface area contributed by atoms with Crippen molar-refractivity contribution in [3.63, 3.8) is 0 Å². The van der Waals surface area contributed by atoms with Crippen LogP contribution in [0.2, 0.25) is 0 Å². The molecule has 6 heteroatoms. The molecule has 0 aromatic heterocycles. The van der Waals surface area contributed by atoms with E-state index in [1.54, 1.807) is 26.4 Å². The van der Waals surface area contributed by atoms with E-state index >= 15 is 0 Å². The topological polar surface area (TPSA) is 89.0 Å². The van der Waals surface area contributed by atoms with Gasteiger partial charge in [0.1, 0.15) is 13.2 Å². The number of ether oxygens (including phenoxy) is 4. The monoisotopic (exact) mass is 256 g/mol. The molecule has 0 fully saturated rings. The molecule has 1 aromatic rings. The molecule has 102 valence electrons. The summed E-state index contributed by atoms with van der Waals surface area (Å²) in [5.41, 5.74) is 12.4. The average Bonchev–Trinajstić information content (AvgIpc) is 2.35. The summed E-state index contributed by atoms with van der Waals surface area (Å²) in [6, 6.07) is 3.29. The Kier molecular flexibility index (Phi) is 6.10. The average molecular weight is 256 g/mol. The molecule has 0 radical (unpaired) electrons. The molecule has 0 bridgehead atoms. The molecule has 6 nitrogen and oxygen atoms in total. The van der Waals surface area contributed by atoms with E-state index in [9.17, 15) is 0 Å². The molecule has 0 atom stereocenters. The van der Waals surface area contributed by atoms with Crippen molar-refractivity contribution in [1.82, 2.24) is 0 Å². The number of benzene rings is 1. The van der Waals surface area contributed by atoms with Gasteiger partial charge in [-0.3, -0.25) is 0 Å². The maximum atomic E-state index is 5.73. The zero-order chi connectivity index (χ0) is 13.4. The van der Waals surface area contributed by atoms with Crippen LogP contribution in [0.5, 0.6) is 11.5 Å². The van der Waals surface area contributed by atoms with Gasteiger partial charge in [-0.2, -0.15) is 0 Å². The molecule has 1 rings (SSSR count). The van der Waals surface area contributed by atoms with Crippen molar-refractivity contribution in [3.8, 4) is 11.5 Å². The molecule has 0 spiro atoms. The normalized spacial score (nSPS) is 10.3. The number of nitrogen functional groups attached to an aromatic ring is 2. The minimum atomic E-state index is 0.417. The predicted octanol–water partition coefficient (Wildman–Crippen LogP) is 0.901. The van der Waals surface area contributed by atoms with Crippen molar-refractivity contribution in [1.29, 1.82) is 0 Å². The SMILES string of the molecule is COCCOc1cc(N)c(N)cc1OCCOC. The third-order valence-electron chi connectivity index (χ3n) is 2.24. The van der Waals surface area contributed by atoms with Gasteiger partial charge in [0.05, 0.1) is 24.6 Å². The molecule has 4 N–H and O–H groups in total. The third-order valence-corrected chi connectivity index (χ3v) is 2.24. The first-order valence-corrected chi connectivity index (χ1v) is 5.61. The highest BCUT2D eigenvalue weighted by molar-refractivity contribution is 5.69. The van der Waals surface area contributed by atoms with Crippen molar-refractivity contribution in [2.24, 2.45) is 0 Å². The first kappa shape index (κ1) is 14.4. The molecule has 0 saturated heterocycles. The van der Waals surface area contributed by atoms with E-state index in [4.69, 9.17) is 30.4 Å². The minimum Gasteiger partial charge on any atom is -0.487 e. The quantitative estimate of drug-likeness (QED) is 0.530. The summed E-state index contributed by atoms with van der Waals surface area (Å²) in [5.74, 6) is 1.10. The Labute approximate surface area is 107 Å². The minimum absolute atomic E-state index is 0.417. The Morgan fingerprint density at radius 3 is 1.50 bits per heavy atom. The summed E-state index contributed by atoms with van der Waals surface area (Å²) in [7, 11) is 3.22. The summed E-state index contributed by atoms with van der Waals surface area (Å²) >= 11 is 0. The Morgan fingerprint density at radius 1 is 0.778 bits per heavy atom. The highest BCUT2D eigenvalue weighted by Gasteiger charge is 2.09. The summed E-state index contributed by atoms with van der Waals surface area (Å²) in [6.07, 6.45) is 0. The van der Waals surface area contributed by atoms with Crippen LogP contribution in [0.4, 0.5) is 11.4 Å². The maximum Gasteiger partial charge on any atom is 0.163 e. The molecule has 0 aliphatic carbocycles. The van der Waals surface area contributed by atoms with Crippen molar-refractivity contribution in [3.05, 3.63) is 12.1 Å². The van der Waals surface area contributed by atoms with Crippen LogP contribution in [0.1, 0.15) is 0 Å². The maximum absolute atomic E-state index is 5.73. The van der Waals surface area contributed by atoms with Crippen LogP contribution in [0, 0.1) is 0 Å². The Hall–Kier alpha value is -1.66. The molecular formula is C12H20N2O4. The lowest BCUT2D eigenvalue weighted by atomic mass is 10.2. The second-order valence-corrected chi connectivity index (χ2v) is 3.61. The van der Waals surface area contributed by atoms with Crippen LogP contribution < -0.4 is 20.9 Å². The van der Waals surface area contributed by atoms with Crippen LogP contribution in [0.15, 0.2) is 12.1 Å². The summed E-state index contributed by atoms with van der Waals surface area (Å²) in [6.45, 7) is 1.81. The van der Waals surface area contributed by atoms with Gasteiger partial charge in [0.15, 0.2) is 11.5 Å². The fourth-order valence-corrected chi connectivity index (χ4v) is 1.29. The van der Waals surface area contributed by atoms with Gasteiger partial charge in [0.25, 0.3) is 0 Å². The first-order valence-electron chi connectivity index (χ1n) is 5.61. The van der Waals surface area contributed by atoms with E-state index in [-0.39, 0.29) is 0 Å².